The van der Waals surface area contributed by atoms with Crippen molar-refractivity contribution in [3.05, 3.63) is 29.8 Å². The zero-order valence-corrected chi connectivity index (χ0v) is 15.1. The van der Waals surface area contributed by atoms with E-state index in [1.165, 1.54) is 12.0 Å². The molecule has 2 fully saturated rings. The zero-order chi connectivity index (χ0) is 17.6. The summed E-state index contributed by atoms with van der Waals surface area (Å²) >= 11 is 0. The second-order valence-corrected chi connectivity index (χ2v) is 7.23. The molecule has 5 nitrogen and oxygen atoms in total. The highest BCUT2D eigenvalue weighted by Crippen LogP contribution is 2.24. The van der Waals surface area contributed by atoms with E-state index in [2.05, 4.69) is 17.4 Å². The summed E-state index contributed by atoms with van der Waals surface area (Å²) in [6, 6.07) is 8.21. The fourth-order valence-electron chi connectivity index (χ4n) is 3.86. The van der Waals surface area contributed by atoms with Gasteiger partial charge in [-0.2, -0.15) is 0 Å². The van der Waals surface area contributed by atoms with Crippen molar-refractivity contribution in [2.75, 3.05) is 26.2 Å². The first-order chi connectivity index (χ1) is 12.2. The average Bonchev–Trinajstić information content (AvgIpc) is 3.08. The molecule has 2 N–H and O–H groups in total. The van der Waals surface area contributed by atoms with E-state index in [1.54, 1.807) is 0 Å². The molecule has 25 heavy (non-hydrogen) atoms. The molecule has 2 aliphatic heterocycles. The van der Waals surface area contributed by atoms with Crippen LogP contribution < -0.4 is 10.1 Å². The van der Waals surface area contributed by atoms with Crippen LogP contribution in [-0.2, 0) is 11.2 Å². The molecule has 0 aliphatic carbocycles. The van der Waals surface area contributed by atoms with Crippen molar-refractivity contribution in [3.8, 4) is 5.75 Å². The minimum atomic E-state index is -0.374. The van der Waals surface area contributed by atoms with Crippen LogP contribution in [0.2, 0.25) is 0 Å². The number of aliphatic hydroxyl groups is 1. The number of benzene rings is 1. The number of likely N-dealkylation sites (tertiary alicyclic amines) is 1. The van der Waals surface area contributed by atoms with Crippen LogP contribution in [0.1, 0.15) is 38.2 Å². The van der Waals surface area contributed by atoms with E-state index in [0.717, 1.165) is 38.1 Å². The third kappa shape index (κ3) is 4.95. The second-order valence-electron chi connectivity index (χ2n) is 7.23. The summed E-state index contributed by atoms with van der Waals surface area (Å²) in [6.45, 7) is 4.93. The van der Waals surface area contributed by atoms with Gasteiger partial charge in [-0.1, -0.05) is 12.1 Å². The Morgan fingerprint density at radius 1 is 1.28 bits per heavy atom. The number of hydrogen-bond acceptors (Lipinski definition) is 4. The van der Waals surface area contributed by atoms with Crippen molar-refractivity contribution < 1.29 is 14.6 Å². The van der Waals surface area contributed by atoms with E-state index in [9.17, 15) is 9.90 Å². The Bertz CT molecular complexity index is 553. The molecule has 1 aromatic rings. The molecule has 0 aromatic heterocycles. The lowest BCUT2D eigenvalue weighted by Gasteiger charge is -2.33. The van der Waals surface area contributed by atoms with Gasteiger partial charge >= 0.3 is 0 Å². The number of carbonyl (C=O) groups is 1. The van der Waals surface area contributed by atoms with Crippen molar-refractivity contribution in [2.45, 2.75) is 51.2 Å². The van der Waals surface area contributed by atoms with Crippen LogP contribution >= 0.6 is 0 Å². The van der Waals surface area contributed by atoms with Gasteiger partial charge in [0.2, 0.25) is 5.91 Å². The predicted molar refractivity (Wildman–Crippen MR) is 97.7 cm³/mol. The molecule has 0 bridgehead atoms. The molecule has 2 saturated heterocycles. The highest BCUT2D eigenvalue weighted by molar-refractivity contribution is 5.82. The highest BCUT2D eigenvalue weighted by atomic mass is 16.5. The van der Waals surface area contributed by atoms with Crippen LogP contribution in [0.4, 0.5) is 0 Å². The molecule has 2 atom stereocenters. The minimum absolute atomic E-state index is 0.168. The first-order valence-electron chi connectivity index (χ1n) is 9.57. The lowest BCUT2D eigenvalue weighted by atomic mass is 9.90. The first kappa shape index (κ1) is 18.2. The van der Waals surface area contributed by atoms with Crippen molar-refractivity contribution >= 4 is 5.91 Å². The molecule has 0 saturated carbocycles. The minimum Gasteiger partial charge on any atom is -0.494 e. The van der Waals surface area contributed by atoms with E-state index in [4.69, 9.17) is 4.74 Å². The first-order valence-corrected chi connectivity index (χ1v) is 9.57. The largest absolute Gasteiger partial charge is 0.494 e. The quantitative estimate of drug-likeness (QED) is 0.827. The van der Waals surface area contributed by atoms with Crippen molar-refractivity contribution in [1.82, 2.24) is 10.2 Å². The summed E-state index contributed by atoms with van der Waals surface area (Å²) in [7, 11) is 0. The van der Waals surface area contributed by atoms with Crippen LogP contribution in [0, 0.1) is 5.92 Å². The third-order valence-electron chi connectivity index (χ3n) is 5.41. The van der Waals surface area contributed by atoms with Gasteiger partial charge in [0.1, 0.15) is 5.75 Å². The molecule has 138 valence electrons. The number of β-amino-alcohol motifs (C(OH)–C–C–N with tert-alkyl or cyclic N) is 1. The zero-order valence-electron chi connectivity index (χ0n) is 15.1. The fraction of sp³-hybridized carbons (Fsp3) is 0.650. The van der Waals surface area contributed by atoms with E-state index in [1.807, 2.05) is 24.0 Å². The van der Waals surface area contributed by atoms with Gasteiger partial charge in [-0.25, -0.2) is 0 Å². The van der Waals surface area contributed by atoms with E-state index >= 15 is 0 Å². The van der Waals surface area contributed by atoms with Crippen LogP contribution in [0.3, 0.4) is 0 Å². The molecule has 0 radical (unpaired) electrons. The van der Waals surface area contributed by atoms with Gasteiger partial charge in [-0.3, -0.25) is 4.79 Å². The van der Waals surface area contributed by atoms with Gasteiger partial charge in [0.25, 0.3) is 0 Å². The number of aliphatic hydroxyl groups excluding tert-OH is 1. The fourth-order valence-corrected chi connectivity index (χ4v) is 3.86. The maximum Gasteiger partial charge on any atom is 0.239 e. The molecule has 5 heteroatoms. The molecule has 0 unspecified atom stereocenters. The normalized spacial score (nSPS) is 24.5. The van der Waals surface area contributed by atoms with Crippen molar-refractivity contribution in [2.24, 2.45) is 5.92 Å². The van der Waals surface area contributed by atoms with E-state index < -0.39 is 0 Å². The number of aryl methyl sites for hydroxylation is 1. The van der Waals surface area contributed by atoms with Gasteiger partial charge in [-0.15, -0.1) is 0 Å². The third-order valence-corrected chi connectivity index (χ3v) is 5.41. The molecular weight excluding hydrogens is 316 g/mol. The van der Waals surface area contributed by atoms with Crippen molar-refractivity contribution in [1.29, 1.82) is 0 Å². The highest BCUT2D eigenvalue weighted by Gasteiger charge is 2.32. The number of nitrogens with one attached hydrogen (secondary N) is 1. The Balaban J connectivity index is 1.39. The van der Waals surface area contributed by atoms with Crippen LogP contribution in [0.15, 0.2) is 24.3 Å². The van der Waals surface area contributed by atoms with Gasteiger partial charge < -0.3 is 20.1 Å². The number of carbonyl (C=O) groups excluding carboxylic acids is 1. The number of amides is 1. The van der Waals surface area contributed by atoms with Gasteiger partial charge in [0.15, 0.2) is 0 Å². The van der Waals surface area contributed by atoms with Gasteiger partial charge in [0.05, 0.1) is 18.8 Å². The second kappa shape index (κ2) is 8.68. The Morgan fingerprint density at radius 2 is 2.00 bits per heavy atom. The Hall–Kier alpha value is -1.59. The molecule has 1 aromatic carbocycles. The molecule has 1 amide bonds. The number of nitrogens with zero attached hydrogens (tertiary/aromatic N) is 1. The number of piperidine rings is 1. The smallest absolute Gasteiger partial charge is 0.239 e. The molecule has 3 rings (SSSR count). The number of rotatable bonds is 6. The summed E-state index contributed by atoms with van der Waals surface area (Å²) in [5.74, 6) is 1.79. The molecular formula is C20H30N2O3. The summed E-state index contributed by atoms with van der Waals surface area (Å²) < 4.78 is 5.48. The molecule has 0 spiro atoms. The SMILES string of the molecule is CCOc1ccc(CCC2CCN(C(=O)[C@H]3C[C@@H](O)CN3)CC2)cc1. The number of hydrogen-bond donors (Lipinski definition) is 2. The lowest BCUT2D eigenvalue weighted by molar-refractivity contribution is -0.134. The summed E-state index contributed by atoms with van der Waals surface area (Å²) in [5.41, 5.74) is 1.35. The van der Waals surface area contributed by atoms with Crippen LogP contribution in [0.25, 0.3) is 0 Å². The molecule has 2 heterocycles. The summed E-state index contributed by atoms with van der Waals surface area (Å²) in [5, 5.41) is 12.7. The van der Waals surface area contributed by atoms with Crippen LogP contribution in [-0.4, -0.2) is 54.3 Å². The Kier molecular flexibility index (Phi) is 6.32. The van der Waals surface area contributed by atoms with Crippen LogP contribution in [0.5, 0.6) is 5.75 Å². The maximum absolute atomic E-state index is 12.5. The molecule has 2 aliphatic rings. The van der Waals surface area contributed by atoms with E-state index in [-0.39, 0.29) is 18.1 Å². The predicted octanol–water partition coefficient (Wildman–Crippen LogP) is 1.98. The Morgan fingerprint density at radius 3 is 2.60 bits per heavy atom. The topological polar surface area (TPSA) is 61.8 Å². The summed E-state index contributed by atoms with van der Waals surface area (Å²) in [6.07, 6.45) is 4.60. The monoisotopic (exact) mass is 346 g/mol. The van der Waals surface area contributed by atoms with Gasteiger partial charge in [0, 0.05) is 19.6 Å². The summed E-state index contributed by atoms with van der Waals surface area (Å²) in [4.78, 5) is 14.4. The lowest BCUT2D eigenvalue weighted by Crippen LogP contribution is -2.47. The van der Waals surface area contributed by atoms with E-state index in [0.29, 0.717) is 25.5 Å². The average molecular weight is 346 g/mol. The Labute approximate surface area is 150 Å². The maximum atomic E-state index is 12.5. The van der Waals surface area contributed by atoms with Crippen molar-refractivity contribution in [3.63, 3.8) is 0 Å². The number of ether oxygens (including phenoxy) is 1. The standard InChI is InChI=1S/C20H30N2O3/c1-2-25-18-7-5-15(6-8-18)3-4-16-9-11-22(12-10-16)20(24)19-13-17(23)14-21-19/h5-8,16-17,19,21,23H,2-4,9-14H2,1H3/t17-,19-/m1/s1. The van der Waals surface area contributed by atoms with Gasteiger partial charge in [-0.05, 0) is 62.6 Å².